The van der Waals surface area contributed by atoms with Crippen molar-refractivity contribution >= 4 is 6.21 Å². The van der Waals surface area contributed by atoms with Crippen molar-refractivity contribution in [3.05, 3.63) is 30.1 Å². The lowest BCUT2D eigenvalue weighted by Crippen LogP contribution is -2.24. The van der Waals surface area contributed by atoms with Gasteiger partial charge in [-0.25, -0.2) is 0 Å². The fourth-order valence-electron chi connectivity index (χ4n) is 1.59. The first-order valence-corrected chi connectivity index (χ1v) is 5.15. The van der Waals surface area contributed by atoms with E-state index in [4.69, 9.17) is 0 Å². The predicted molar refractivity (Wildman–Crippen MR) is 57.3 cm³/mol. The Balaban J connectivity index is 1.93. The number of pyridine rings is 1. The zero-order valence-electron chi connectivity index (χ0n) is 8.26. The Labute approximate surface area is 84.5 Å². The fourth-order valence-corrected chi connectivity index (χ4v) is 1.59. The van der Waals surface area contributed by atoms with Gasteiger partial charge in [-0.3, -0.25) is 9.99 Å². The van der Waals surface area contributed by atoms with Crippen molar-refractivity contribution in [2.75, 3.05) is 13.1 Å². The Morgan fingerprint density at radius 3 is 2.79 bits per heavy atom. The van der Waals surface area contributed by atoms with E-state index in [1.165, 1.54) is 19.3 Å². The van der Waals surface area contributed by atoms with Crippen LogP contribution in [-0.2, 0) is 0 Å². The molecule has 0 N–H and O–H groups in total. The third-order valence-corrected chi connectivity index (χ3v) is 2.37. The van der Waals surface area contributed by atoms with E-state index in [-0.39, 0.29) is 0 Å². The van der Waals surface area contributed by atoms with E-state index >= 15 is 0 Å². The standard InChI is InChI=1S/C11H15N3/c1-4-8-14(9-5-1)13-10-11-6-2-3-7-12-11/h2-3,6-7,10H,1,4-5,8-9H2/b13-10+. The smallest absolute Gasteiger partial charge is 0.0830 e. The third-order valence-electron chi connectivity index (χ3n) is 2.37. The number of piperidine rings is 1. The van der Waals surface area contributed by atoms with Crippen LogP contribution < -0.4 is 0 Å². The third kappa shape index (κ3) is 2.55. The van der Waals surface area contributed by atoms with Crippen LogP contribution in [0.1, 0.15) is 25.0 Å². The molecule has 1 aromatic rings. The van der Waals surface area contributed by atoms with Gasteiger partial charge in [-0.05, 0) is 31.4 Å². The van der Waals surface area contributed by atoms with Gasteiger partial charge in [0, 0.05) is 19.3 Å². The minimum atomic E-state index is 0.929. The molecule has 1 aromatic heterocycles. The molecule has 1 aliphatic rings. The summed E-state index contributed by atoms with van der Waals surface area (Å²) in [6, 6.07) is 5.86. The molecule has 1 saturated heterocycles. The van der Waals surface area contributed by atoms with Gasteiger partial charge in [0.05, 0.1) is 11.9 Å². The van der Waals surface area contributed by atoms with E-state index in [0.29, 0.717) is 0 Å². The van der Waals surface area contributed by atoms with Gasteiger partial charge >= 0.3 is 0 Å². The van der Waals surface area contributed by atoms with Crippen LogP contribution in [0.2, 0.25) is 0 Å². The van der Waals surface area contributed by atoms with Crippen LogP contribution in [0.5, 0.6) is 0 Å². The van der Waals surface area contributed by atoms with Crippen molar-refractivity contribution in [2.24, 2.45) is 5.10 Å². The average Bonchev–Trinajstić information content (AvgIpc) is 2.29. The van der Waals surface area contributed by atoms with Crippen molar-refractivity contribution in [2.45, 2.75) is 19.3 Å². The van der Waals surface area contributed by atoms with Crippen LogP contribution >= 0.6 is 0 Å². The summed E-state index contributed by atoms with van der Waals surface area (Å²) in [6.07, 6.45) is 7.50. The Hall–Kier alpha value is -1.38. The van der Waals surface area contributed by atoms with E-state index in [0.717, 1.165) is 18.8 Å². The molecule has 0 amide bonds. The predicted octanol–water partition coefficient (Wildman–Crippen LogP) is 1.90. The van der Waals surface area contributed by atoms with E-state index in [2.05, 4.69) is 15.1 Å². The van der Waals surface area contributed by atoms with Gasteiger partial charge in [-0.15, -0.1) is 0 Å². The van der Waals surface area contributed by atoms with Gasteiger partial charge in [0.1, 0.15) is 0 Å². The zero-order valence-corrected chi connectivity index (χ0v) is 8.26. The molecule has 2 rings (SSSR count). The lowest BCUT2D eigenvalue weighted by atomic mass is 10.2. The number of nitrogens with zero attached hydrogens (tertiary/aromatic N) is 3. The molecule has 0 atom stereocenters. The first-order valence-electron chi connectivity index (χ1n) is 5.15. The second-order valence-corrected chi connectivity index (χ2v) is 3.51. The summed E-state index contributed by atoms with van der Waals surface area (Å²) < 4.78 is 0. The molecular weight excluding hydrogens is 174 g/mol. The van der Waals surface area contributed by atoms with Gasteiger partial charge in [0.15, 0.2) is 0 Å². The number of rotatable bonds is 2. The Kier molecular flexibility index (Phi) is 3.11. The Morgan fingerprint density at radius 2 is 2.07 bits per heavy atom. The number of hydrogen-bond acceptors (Lipinski definition) is 3. The fraction of sp³-hybridized carbons (Fsp3) is 0.455. The van der Waals surface area contributed by atoms with Gasteiger partial charge in [-0.2, -0.15) is 5.10 Å². The van der Waals surface area contributed by atoms with Gasteiger partial charge < -0.3 is 0 Å². The lowest BCUT2D eigenvalue weighted by molar-refractivity contribution is 0.240. The molecular formula is C11H15N3. The zero-order chi connectivity index (χ0) is 9.64. The van der Waals surface area contributed by atoms with Crippen molar-refractivity contribution in [3.8, 4) is 0 Å². The van der Waals surface area contributed by atoms with Gasteiger partial charge in [0.25, 0.3) is 0 Å². The van der Waals surface area contributed by atoms with Crippen molar-refractivity contribution < 1.29 is 0 Å². The maximum atomic E-state index is 4.40. The Morgan fingerprint density at radius 1 is 1.21 bits per heavy atom. The second kappa shape index (κ2) is 4.74. The van der Waals surface area contributed by atoms with Gasteiger partial charge in [-0.1, -0.05) is 6.07 Å². The Bertz CT molecular complexity index is 289. The highest BCUT2D eigenvalue weighted by atomic mass is 15.4. The largest absolute Gasteiger partial charge is 0.297 e. The molecule has 0 bridgehead atoms. The van der Waals surface area contributed by atoms with Crippen LogP contribution in [0, 0.1) is 0 Å². The molecule has 0 radical (unpaired) electrons. The van der Waals surface area contributed by atoms with Gasteiger partial charge in [0.2, 0.25) is 0 Å². The second-order valence-electron chi connectivity index (χ2n) is 3.51. The minimum Gasteiger partial charge on any atom is -0.297 e. The van der Waals surface area contributed by atoms with Crippen molar-refractivity contribution in [1.29, 1.82) is 0 Å². The van der Waals surface area contributed by atoms with E-state index in [1.807, 2.05) is 24.4 Å². The normalized spacial score (nSPS) is 17.6. The molecule has 1 aliphatic heterocycles. The molecule has 1 fully saturated rings. The van der Waals surface area contributed by atoms with E-state index in [9.17, 15) is 0 Å². The van der Waals surface area contributed by atoms with Crippen molar-refractivity contribution in [3.63, 3.8) is 0 Å². The van der Waals surface area contributed by atoms with Crippen molar-refractivity contribution in [1.82, 2.24) is 9.99 Å². The number of aromatic nitrogens is 1. The maximum absolute atomic E-state index is 4.40. The quantitative estimate of drug-likeness (QED) is 0.665. The average molecular weight is 189 g/mol. The summed E-state index contributed by atoms with van der Waals surface area (Å²) in [4.78, 5) is 4.19. The van der Waals surface area contributed by atoms with E-state index < -0.39 is 0 Å². The highest BCUT2D eigenvalue weighted by molar-refractivity contribution is 5.76. The van der Waals surface area contributed by atoms with Crippen LogP contribution in [0.15, 0.2) is 29.5 Å². The maximum Gasteiger partial charge on any atom is 0.0830 e. The molecule has 3 heteroatoms. The topological polar surface area (TPSA) is 28.5 Å². The summed E-state index contributed by atoms with van der Waals surface area (Å²) >= 11 is 0. The van der Waals surface area contributed by atoms with Crippen LogP contribution in [0.4, 0.5) is 0 Å². The SMILES string of the molecule is C(=N\N1CCCCC1)/c1ccccn1. The molecule has 74 valence electrons. The van der Waals surface area contributed by atoms with Crippen LogP contribution in [0.25, 0.3) is 0 Å². The van der Waals surface area contributed by atoms with Crippen LogP contribution in [0.3, 0.4) is 0 Å². The first kappa shape index (κ1) is 9.19. The number of hydrogen-bond donors (Lipinski definition) is 0. The number of hydrazone groups is 1. The molecule has 3 nitrogen and oxygen atoms in total. The van der Waals surface area contributed by atoms with E-state index in [1.54, 1.807) is 6.20 Å². The molecule has 0 aliphatic carbocycles. The monoisotopic (exact) mass is 189 g/mol. The summed E-state index contributed by atoms with van der Waals surface area (Å²) in [5.41, 5.74) is 0.929. The molecule has 14 heavy (non-hydrogen) atoms. The molecule has 0 unspecified atom stereocenters. The summed E-state index contributed by atoms with van der Waals surface area (Å²) in [5, 5.41) is 6.52. The first-order chi connectivity index (χ1) is 6.95. The summed E-state index contributed by atoms with van der Waals surface area (Å²) in [7, 11) is 0. The lowest BCUT2D eigenvalue weighted by Gasteiger charge is -2.23. The highest BCUT2D eigenvalue weighted by Gasteiger charge is 2.05. The van der Waals surface area contributed by atoms with Crippen LogP contribution in [-0.4, -0.2) is 29.3 Å². The summed E-state index contributed by atoms with van der Waals surface area (Å²) in [6.45, 7) is 2.17. The molecule has 2 heterocycles. The molecule has 0 spiro atoms. The molecule has 0 saturated carbocycles. The molecule has 0 aromatic carbocycles. The highest BCUT2D eigenvalue weighted by Crippen LogP contribution is 2.08. The minimum absolute atomic E-state index is 0.929. The summed E-state index contributed by atoms with van der Waals surface area (Å²) in [5.74, 6) is 0.